The second kappa shape index (κ2) is 9.97. The number of hydrogen-bond donors (Lipinski definition) is 4. The summed E-state index contributed by atoms with van der Waals surface area (Å²) in [5, 5.41) is 13.5. The lowest BCUT2D eigenvalue weighted by Crippen LogP contribution is -2.79. The molecule has 0 aliphatic carbocycles. The van der Waals surface area contributed by atoms with Gasteiger partial charge in [-0.05, 0) is 23.8 Å². The quantitative estimate of drug-likeness (QED) is 0.360. The summed E-state index contributed by atoms with van der Waals surface area (Å²) in [6, 6.07) is 13.9. The molecule has 2 fully saturated rings. The van der Waals surface area contributed by atoms with Gasteiger partial charge in [0.15, 0.2) is 12.6 Å². The van der Waals surface area contributed by atoms with Crippen molar-refractivity contribution in [3.63, 3.8) is 0 Å². The van der Waals surface area contributed by atoms with Crippen LogP contribution in [-0.4, -0.2) is 68.5 Å². The highest BCUT2D eigenvalue weighted by Crippen LogP contribution is 2.28. The van der Waals surface area contributed by atoms with Crippen molar-refractivity contribution in [1.29, 1.82) is 0 Å². The van der Waals surface area contributed by atoms with Crippen molar-refractivity contribution in [2.75, 3.05) is 49.1 Å². The van der Waals surface area contributed by atoms with Crippen molar-refractivity contribution in [3.8, 4) is 0 Å². The number of aliphatic hydroxyl groups excluding tert-OH is 1. The fourth-order valence-corrected chi connectivity index (χ4v) is 3.98. The standard InChI is InChI=1S/C23H28FN5O3/c24-19-13-17(6-7-21(19)28-10-8-26-9-11-28)29-15-18(32-23(29)31)14-27-22(30)20(25)12-16-4-2-1-3-5-16/h1-7,13,18,20,26H,8-12,14-15,25H2,(H,27,30)/p+1/t18-,20?/m0/s1. The second-order valence-corrected chi connectivity index (χ2v) is 8.05. The van der Waals surface area contributed by atoms with Crippen LogP contribution in [0.5, 0.6) is 0 Å². The molecule has 170 valence electrons. The molecule has 5 N–H and O–H groups in total. The van der Waals surface area contributed by atoms with Crippen LogP contribution in [0.2, 0.25) is 0 Å². The zero-order valence-corrected chi connectivity index (χ0v) is 17.8. The first-order chi connectivity index (χ1) is 15.5. The van der Waals surface area contributed by atoms with E-state index in [2.05, 4.69) is 10.3 Å². The van der Waals surface area contributed by atoms with Crippen molar-refractivity contribution < 1.29 is 24.0 Å². The highest BCUT2D eigenvalue weighted by molar-refractivity contribution is 5.90. The zero-order valence-electron chi connectivity index (χ0n) is 17.8. The highest BCUT2D eigenvalue weighted by Gasteiger charge is 2.34. The van der Waals surface area contributed by atoms with Crippen LogP contribution in [0.3, 0.4) is 0 Å². The summed E-state index contributed by atoms with van der Waals surface area (Å²) >= 11 is 0. The third kappa shape index (κ3) is 5.17. The second-order valence-electron chi connectivity index (χ2n) is 8.05. The largest absolute Gasteiger partial charge is 0.462 e. The van der Waals surface area contributed by atoms with Gasteiger partial charge in [0.1, 0.15) is 11.9 Å². The SMILES string of the molecule is NC(Cc1ccccc1)C(O)=[NH+]C[C@H]1CN(c2ccc(N3CCNCC3)c(F)c2)C(=O)O1. The van der Waals surface area contributed by atoms with E-state index in [0.717, 1.165) is 31.7 Å². The first kappa shape index (κ1) is 22.0. The Morgan fingerprint density at radius 2 is 2.00 bits per heavy atom. The summed E-state index contributed by atoms with van der Waals surface area (Å²) in [6.45, 7) is 3.56. The smallest absolute Gasteiger partial charge is 0.414 e. The van der Waals surface area contributed by atoms with E-state index < -0.39 is 18.2 Å². The minimum absolute atomic E-state index is 0.0604. The summed E-state index contributed by atoms with van der Waals surface area (Å²) < 4.78 is 20.1. The van der Waals surface area contributed by atoms with Crippen LogP contribution in [0, 0.1) is 5.82 Å². The van der Waals surface area contributed by atoms with Gasteiger partial charge in [-0.25, -0.2) is 14.2 Å². The fraction of sp³-hybridized carbons (Fsp3) is 0.391. The molecule has 1 unspecified atom stereocenters. The van der Waals surface area contributed by atoms with E-state index in [9.17, 15) is 14.3 Å². The molecule has 0 spiro atoms. The van der Waals surface area contributed by atoms with Crippen molar-refractivity contribution in [2.45, 2.75) is 18.6 Å². The molecular weight excluding hydrogens is 413 g/mol. The van der Waals surface area contributed by atoms with E-state index in [1.54, 1.807) is 12.1 Å². The fourth-order valence-electron chi connectivity index (χ4n) is 3.98. The molecule has 0 radical (unpaired) electrons. The normalized spacial score (nSPS) is 20.4. The van der Waals surface area contributed by atoms with E-state index in [0.29, 0.717) is 17.8 Å². The molecule has 0 bridgehead atoms. The number of cyclic esters (lactones) is 1. The molecule has 0 saturated carbocycles. The molecule has 8 nitrogen and oxygen atoms in total. The lowest BCUT2D eigenvalue weighted by Gasteiger charge is -2.30. The van der Waals surface area contributed by atoms with Gasteiger partial charge in [-0.1, -0.05) is 30.3 Å². The van der Waals surface area contributed by atoms with E-state index in [1.807, 2.05) is 35.2 Å². The number of nitrogens with zero attached hydrogens (tertiary/aromatic N) is 2. The Hall–Kier alpha value is -3.17. The Morgan fingerprint density at radius 3 is 2.72 bits per heavy atom. The Morgan fingerprint density at radius 1 is 1.25 bits per heavy atom. The maximum Gasteiger partial charge on any atom is 0.414 e. The first-order valence-corrected chi connectivity index (χ1v) is 10.8. The van der Waals surface area contributed by atoms with E-state index in [1.165, 1.54) is 11.0 Å². The van der Waals surface area contributed by atoms with Gasteiger partial charge in [0.25, 0.3) is 0 Å². The molecule has 2 saturated heterocycles. The number of ether oxygens (including phenoxy) is 1. The number of carbonyl (C=O) groups excluding carboxylic acids is 1. The summed E-state index contributed by atoms with van der Waals surface area (Å²) in [5.74, 6) is -0.425. The van der Waals surface area contributed by atoms with Crippen LogP contribution < -0.4 is 25.8 Å². The Bertz CT molecular complexity index is 965. The molecule has 2 aliphatic heterocycles. The van der Waals surface area contributed by atoms with Crippen LogP contribution >= 0.6 is 0 Å². The molecule has 2 aliphatic rings. The molecule has 0 aromatic heterocycles. The number of halogens is 1. The Kier molecular flexibility index (Phi) is 6.87. The molecule has 32 heavy (non-hydrogen) atoms. The Balaban J connectivity index is 1.35. The highest BCUT2D eigenvalue weighted by atomic mass is 19.1. The summed E-state index contributed by atoms with van der Waals surface area (Å²) in [4.78, 5) is 18.6. The number of rotatable bonds is 7. The molecular formula is C23H29FN5O3+. The van der Waals surface area contributed by atoms with E-state index >= 15 is 0 Å². The lowest BCUT2D eigenvalue weighted by molar-refractivity contribution is -0.477. The number of aliphatic hydroxyl groups is 1. The summed E-state index contributed by atoms with van der Waals surface area (Å²) in [5.41, 5.74) is 8.05. The molecule has 2 aromatic rings. The number of piperazine rings is 1. The van der Waals surface area contributed by atoms with Crippen LogP contribution in [0.25, 0.3) is 0 Å². The number of benzene rings is 2. The number of amides is 1. The summed E-state index contributed by atoms with van der Waals surface area (Å²) in [6.07, 6.45) is -0.557. The molecule has 2 atom stereocenters. The van der Waals surface area contributed by atoms with Crippen molar-refractivity contribution >= 4 is 23.4 Å². The third-order valence-electron chi connectivity index (χ3n) is 5.74. The van der Waals surface area contributed by atoms with Gasteiger partial charge in [0.05, 0.1) is 17.9 Å². The maximum atomic E-state index is 14.7. The van der Waals surface area contributed by atoms with Gasteiger partial charge >= 0.3 is 12.0 Å². The topological polar surface area (TPSA) is 105 Å². The summed E-state index contributed by atoms with van der Waals surface area (Å²) in [7, 11) is 0. The monoisotopic (exact) mass is 442 g/mol. The maximum absolute atomic E-state index is 14.7. The van der Waals surface area contributed by atoms with Crippen molar-refractivity contribution in [3.05, 3.63) is 59.9 Å². The third-order valence-corrected chi connectivity index (χ3v) is 5.74. The molecule has 9 heteroatoms. The number of anilines is 2. The molecule has 2 heterocycles. The van der Waals surface area contributed by atoms with Gasteiger partial charge in [-0.3, -0.25) is 4.90 Å². The van der Waals surface area contributed by atoms with Gasteiger partial charge in [0.2, 0.25) is 0 Å². The predicted molar refractivity (Wildman–Crippen MR) is 121 cm³/mol. The number of nitrogens with one attached hydrogen (secondary N) is 2. The van der Waals surface area contributed by atoms with E-state index in [-0.39, 0.29) is 24.8 Å². The molecule has 1 amide bonds. The number of carbonyl (C=O) groups is 1. The van der Waals surface area contributed by atoms with E-state index in [4.69, 9.17) is 10.5 Å². The van der Waals surface area contributed by atoms with Crippen LogP contribution in [0.1, 0.15) is 5.56 Å². The average Bonchev–Trinajstić information content (AvgIpc) is 3.19. The van der Waals surface area contributed by atoms with Crippen LogP contribution in [0.4, 0.5) is 20.6 Å². The van der Waals surface area contributed by atoms with Crippen LogP contribution in [0.15, 0.2) is 48.5 Å². The predicted octanol–water partition coefficient (Wildman–Crippen LogP) is 0.168. The lowest BCUT2D eigenvalue weighted by atomic mass is 10.1. The molecule has 4 rings (SSSR count). The molecule has 2 aromatic carbocycles. The minimum atomic E-state index is -0.586. The Labute approximate surface area is 186 Å². The average molecular weight is 443 g/mol. The number of hydrogen-bond acceptors (Lipinski definition) is 5. The van der Waals surface area contributed by atoms with Gasteiger partial charge in [-0.15, -0.1) is 0 Å². The minimum Gasteiger partial charge on any atom is -0.462 e. The van der Waals surface area contributed by atoms with Crippen molar-refractivity contribution in [1.82, 2.24) is 5.32 Å². The van der Waals surface area contributed by atoms with Crippen LogP contribution in [-0.2, 0) is 11.2 Å². The zero-order chi connectivity index (χ0) is 22.5. The van der Waals surface area contributed by atoms with Gasteiger partial charge < -0.3 is 25.8 Å². The van der Waals surface area contributed by atoms with Gasteiger partial charge in [0, 0.05) is 32.6 Å². The van der Waals surface area contributed by atoms with Crippen molar-refractivity contribution in [2.24, 2.45) is 5.73 Å². The van der Waals surface area contributed by atoms with Gasteiger partial charge in [-0.2, -0.15) is 0 Å². The number of nitrogens with two attached hydrogens (primary N) is 1. The first-order valence-electron chi connectivity index (χ1n) is 10.8.